The molecule has 2 nitrogen and oxygen atoms in total. The number of aromatic nitrogens is 2. The Morgan fingerprint density at radius 3 is 2.12 bits per heavy atom. The molecular formula is C38H28N2. The van der Waals surface area contributed by atoms with Crippen LogP contribution in [-0.2, 0) is 5.41 Å². The molecule has 2 aromatic heterocycles. The number of rotatable bonds is 3. The average molecular weight is 513 g/mol. The van der Waals surface area contributed by atoms with Crippen molar-refractivity contribution in [3.05, 3.63) is 132 Å². The second-order valence-electron chi connectivity index (χ2n) is 11.4. The minimum atomic E-state index is -0.0350. The molecule has 0 saturated heterocycles. The molecule has 1 aliphatic carbocycles. The third-order valence-electron chi connectivity index (χ3n) is 8.91. The summed E-state index contributed by atoms with van der Waals surface area (Å²) in [7, 11) is 0. The fraction of sp³-hybridized carbons (Fsp3) is 0.0789. The Labute approximate surface area is 233 Å². The van der Waals surface area contributed by atoms with Gasteiger partial charge < -0.3 is 0 Å². The zero-order valence-corrected chi connectivity index (χ0v) is 22.7. The number of hydrogen-bond donors (Lipinski definition) is 0. The van der Waals surface area contributed by atoms with Crippen LogP contribution in [0.1, 0.15) is 36.1 Å². The Morgan fingerprint density at radius 2 is 1.30 bits per heavy atom. The molecule has 40 heavy (non-hydrogen) atoms. The molecule has 0 N–H and O–H groups in total. The minimum Gasteiger partial charge on any atom is -0.292 e. The van der Waals surface area contributed by atoms with Crippen LogP contribution in [0, 0.1) is 0 Å². The quantitative estimate of drug-likeness (QED) is 0.215. The Balaban J connectivity index is 1.44. The Hall–Kier alpha value is -4.95. The summed E-state index contributed by atoms with van der Waals surface area (Å²) in [5, 5.41) is 3.49. The lowest BCUT2D eigenvalue weighted by atomic mass is 9.81. The molecule has 1 aliphatic rings. The number of pyridine rings is 1. The van der Waals surface area contributed by atoms with E-state index in [1.807, 2.05) is 12.2 Å². The molecule has 0 fully saturated rings. The van der Waals surface area contributed by atoms with E-state index in [2.05, 4.69) is 128 Å². The Kier molecular flexibility index (Phi) is 4.61. The van der Waals surface area contributed by atoms with Gasteiger partial charge in [-0.25, -0.2) is 4.98 Å². The first-order valence-electron chi connectivity index (χ1n) is 13.8. The van der Waals surface area contributed by atoms with Crippen LogP contribution < -0.4 is 0 Å². The third-order valence-corrected chi connectivity index (χ3v) is 8.91. The molecule has 0 spiro atoms. The lowest BCUT2D eigenvalue weighted by Gasteiger charge is -2.22. The normalized spacial score (nSPS) is 13.7. The maximum Gasteiger partial charge on any atom is 0.146 e. The highest BCUT2D eigenvalue weighted by molar-refractivity contribution is 6.15. The van der Waals surface area contributed by atoms with Gasteiger partial charge in [-0.1, -0.05) is 99.8 Å². The van der Waals surface area contributed by atoms with Gasteiger partial charge in [0.1, 0.15) is 5.65 Å². The molecule has 190 valence electrons. The van der Waals surface area contributed by atoms with Crippen molar-refractivity contribution in [1.82, 2.24) is 9.38 Å². The average Bonchev–Trinajstić information content (AvgIpc) is 3.49. The topological polar surface area (TPSA) is 17.3 Å². The lowest BCUT2D eigenvalue weighted by Crippen LogP contribution is -2.14. The number of para-hydroxylation sites is 2. The van der Waals surface area contributed by atoms with Gasteiger partial charge in [-0.2, -0.15) is 0 Å². The molecular weight excluding hydrogens is 484 g/mol. The van der Waals surface area contributed by atoms with Gasteiger partial charge in [0.05, 0.1) is 16.6 Å². The molecule has 2 heterocycles. The number of imidazole rings is 1. The van der Waals surface area contributed by atoms with Crippen LogP contribution in [-0.4, -0.2) is 9.38 Å². The van der Waals surface area contributed by atoms with E-state index < -0.39 is 0 Å². The fourth-order valence-electron chi connectivity index (χ4n) is 6.85. The van der Waals surface area contributed by atoms with Crippen molar-refractivity contribution in [3.63, 3.8) is 0 Å². The molecule has 5 aromatic carbocycles. The summed E-state index contributed by atoms with van der Waals surface area (Å²) < 4.78 is 2.32. The van der Waals surface area contributed by atoms with E-state index in [0.717, 1.165) is 38.7 Å². The van der Waals surface area contributed by atoms with Gasteiger partial charge in [-0.3, -0.25) is 4.40 Å². The van der Waals surface area contributed by atoms with E-state index in [9.17, 15) is 0 Å². The van der Waals surface area contributed by atoms with Gasteiger partial charge in [-0.15, -0.1) is 0 Å². The smallest absolute Gasteiger partial charge is 0.146 e. The highest BCUT2D eigenvalue weighted by Crippen LogP contribution is 2.49. The van der Waals surface area contributed by atoms with Crippen LogP contribution in [0.3, 0.4) is 0 Å². The number of nitrogens with zero attached hydrogens (tertiary/aromatic N) is 2. The minimum absolute atomic E-state index is 0.0350. The van der Waals surface area contributed by atoms with Crippen molar-refractivity contribution in [2.24, 2.45) is 0 Å². The van der Waals surface area contributed by atoms with Crippen LogP contribution >= 0.6 is 0 Å². The van der Waals surface area contributed by atoms with Crippen molar-refractivity contribution in [3.8, 4) is 22.3 Å². The number of benzene rings is 5. The van der Waals surface area contributed by atoms with Crippen LogP contribution in [0.4, 0.5) is 0 Å². The van der Waals surface area contributed by atoms with Crippen molar-refractivity contribution < 1.29 is 0 Å². The predicted molar refractivity (Wildman–Crippen MR) is 171 cm³/mol. The standard InChI is InChI=1S/C38H28N2/c1-5-23-19-30-29-18-16-26(25-15-17-28-27-11-7-8-12-32(27)38(3,4)33(28)21-25)22-36(29)40-35-14-10-9-13-34(35)39-37(40)31(30)20-24(23)6-2/h5-22H,1-2H2,3-4H3. The predicted octanol–water partition coefficient (Wildman–Crippen LogP) is 10.1. The molecule has 0 bridgehead atoms. The molecule has 0 saturated carbocycles. The van der Waals surface area contributed by atoms with E-state index in [0.29, 0.717) is 0 Å². The maximum absolute atomic E-state index is 5.12. The van der Waals surface area contributed by atoms with Crippen molar-refractivity contribution >= 4 is 50.5 Å². The second kappa shape index (κ2) is 8.03. The summed E-state index contributed by atoms with van der Waals surface area (Å²) in [6.07, 6.45) is 3.81. The SMILES string of the molecule is C=Cc1cc2c3ccc(-c4ccc5c(c4)C(C)(C)c4ccccc4-5)cc3n3c4ccccc4nc3c2cc1C=C. The highest BCUT2D eigenvalue weighted by Gasteiger charge is 2.35. The van der Waals surface area contributed by atoms with Crippen molar-refractivity contribution in [2.75, 3.05) is 0 Å². The van der Waals surface area contributed by atoms with Gasteiger partial charge in [0.15, 0.2) is 0 Å². The zero-order chi connectivity index (χ0) is 27.2. The van der Waals surface area contributed by atoms with Crippen molar-refractivity contribution in [2.45, 2.75) is 19.3 Å². The van der Waals surface area contributed by atoms with Gasteiger partial charge >= 0.3 is 0 Å². The summed E-state index contributed by atoms with van der Waals surface area (Å²) in [5.41, 5.74) is 14.2. The van der Waals surface area contributed by atoms with E-state index in [1.165, 1.54) is 44.2 Å². The monoisotopic (exact) mass is 512 g/mol. The van der Waals surface area contributed by atoms with Crippen LogP contribution in [0.15, 0.2) is 110 Å². The molecule has 2 heteroatoms. The molecule has 0 unspecified atom stereocenters. The first kappa shape index (κ1) is 23.0. The summed E-state index contributed by atoms with van der Waals surface area (Å²) >= 11 is 0. The number of fused-ring (bicyclic) bond motifs is 11. The van der Waals surface area contributed by atoms with E-state index in [1.54, 1.807) is 0 Å². The van der Waals surface area contributed by atoms with Crippen LogP contribution in [0.25, 0.3) is 72.8 Å². The maximum atomic E-state index is 5.12. The van der Waals surface area contributed by atoms with Gasteiger partial charge in [0.2, 0.25) is 0 Å². The van der Waals surface area contributed by atoms with Gasteiger partial charge in [0.25, 0.3) is 0 Å². The van der Waals surface area contributed by atoms with Crippen LogP contribution in [0.5, 0.6) is 0 Å². The first-order chi connectivity index (χ1) is 19.5. The second-order valence-corrected chi connectivity index (χ2v) is 11.4. The summed E-state index contributed by atoms with van der Waals surface area (Å²) in [5.74, 6) is 0. The van der Waals surface area contributed by atoms with Crippen LogP contribution in [0.2, 0.25) is 0 Å². The van der Waals surface area contributed by atoms with E-state index >= 15 is 0 Å². The Morgan fingerprint density at radius 1 is 0.625 bits per heavy atom. The number of hydrogen-bond acceptors (Lipinski definition) is 1. The van der Waals surface area contributed by atoms with E-state index in [-0.39, 0.29) is 5.41 Å². The van der Waals surface area contributed by atoms with Crippen molar-refractivity contribution in [1.29, 1.82) is 0 Å². The third kappa shape index (κ3) is 2.96. The molecule has 0 atom stereocenters. The lowest BCUT2D eigenvalue weighted by molar-refractivity contribution is 0.660. The molecule has 8 rings (SSSR count). The zero-order valence-electron chi connectivity index (χ0n) is 22.7. The largest absolute Gasteiger partial charge is 0.292 e. The van der Waals surface area contributed by atoms with E-state index in [4.69, 9.17) is 4.98 Å². The molecule has 0 aliphatic heterocycles. The van der Waals surface area contributed by atoms with Gasteiger partial charge in [0, 0.05) is 16.2 Å². The molecule has 7 aromatic rings. The van der Waals surface area contributed by atoms with Gasteiger partial charge in [-0.05, 0) is 86.3 Å². The molecule has 0 amide bonds. The summed E-state index contributed by atoms with van der Waals surface area (Å²) in [4.78, 5) is 5.12. The molecule has 0 radical (unpaired) electrons. The Bertz CT molecular complexity index is 2230. The fourth-order valence-corrected chi connectivity index (χ4v) is 6.85. The summed E-state index contributed by atoms with van der Waals surface area (Å²) in [6, 6.07) is 35.5. The summed E-state index contributed by atoms with van der Waals surface area (Å²) in [6.45, 7) is 12.8. The highest BCUT2D eigenvalue weighted by atomic mass is 15.0. The first-order valence-corrected chi connectivity index (χ1v) is 13.8.